The van der Waals surface area contributed by atoms with Crippen molar-refractivity contribution in [3.63, 3.8) is 0 Å². The van der Waals surface area contributed by atoms with Gasteiger partial charge in [0.2, 0.25) is 0 Å². The number of rotatable bonds is 4. The van der Waals surface area contributed by atoms with Crippen molar-refractivity contribution in [2.45, 2.75) is 49.7 Å². The molecule has 2 fully saturated rings. The number of pyridine rings is 2. The Morgan fingerprint density at radius 1 is 0.625 bits per heavy atom. The van der Waals surface area contributed by atoms with Crippen molar-refractivity contribution in [1.29, 1.82) is 0 Å². The van der Waals surface area contributed by atoms with E-state index >= 15 is 0 Å². The van der Waals surface area contributed by atoms with Gasteiger partial charge in [-0.3, -0.25) is 9.97 Å². The molecule has 4 atom stereocenters. The van der Waals surface area contributed by atoms with Crippen LogP contribution in [0.25, 0.3) is 21.8 Å². The summed E-state index contributed by atoms with van der Waals surface area (Å²) in [5, 5.41) is 25.6. The highest BCUT2D eigenvalue weighted by Crippen LogP contribution is 2.56. The first-order valence-corrected chi connectivity index (χ1v) is 11.7. The topological polar surface area (TPSA) is 66.2 Å². The molecule has 0 aliphatic heterocycles. The Labute approximate surface area is 188 Å². The number of para-hydroxylation sites is 2. The number of hydrogen-bond acceptors (Lipinski definition) is 4. The molecule has 0 bridgehead atoms. The summed E-state index contributed by atoms with van der Waals surface area (Å²) < 4.78 is 0. The summed E-state index contributed by atoms with van der Waals surface area (Å²) >= 11 is 0. The number of aliphatic hydroxyl groups is 2. The van der Waals surface area contributed by atoms with E-state index in [1.165, 1.54) is 0 Å². The Morgan fingerprint density at radius 2 is 1.06 bits per heavy atom. The highest BCUT2D eigenvalue weighted by Gasteiger charge is 2.58. The first-order valence-electron chi connectivity index (χ1n) is 11.7. The first-order chi connectivity index (χ1) is 15.5. The zero-order valence-corrected chi connectivity index (χ0v) is 18.1. The van der Waals surface area contributed by atoms with E-state index in [0.717, 1.165) is 46.0 Å². The average molecular weight is 425 g/mol. The molecule has 0 radical (unpaired) electrons. The number of nitrogens with zero attached hydrogens (tertiary/aromatic N) is 2. The lowest BCUT2D eigenvalue weighted by Gasteiger charge is -2.32. The molecule has 0 unspecified atom stereocenters. The van der Waals surface area contributed by atoms with Gasteiger partial charge in [-0.2, -0.15) is 0 Å². The van der Waals surface area contributed by atoms with Crippen LogP contribution in [0, 0.1) is 11.8 Å². The van der Waals surface area contributed by atoms with E-state index in [1.54, 1.807) is 0 Å². The maximum Gasteiger partial charge on any atom is 0.0734 e. The molecule has 0 saturated heterocycles. The Balaban J connectivity index is 1.23. The van der Waals surface area contributed by atoms with Gasteiger partial charge in [-0.25, -0.2) is 0 Å². The van der Waals surface area contributed by atoms with Gasteiger partial charge in [0.05, 0.1) is 22.2 Å². The molecule has 4 aromatic rings. The van der Waals surface area contributed by atoms with Gasteiger partial charge < -0.3 is 10.2 Å². The molecule has 2 aliphatic carbocycles. The summed E-state index contributed by atoms with van der Waals surface area (Å²) in [7, 11) is 0. The Kier molecular flexibility index (Phi) is 4.56. The van der Waals surface area contributed by atoms with Crippen LogP contribution in [-0.4, -0.2) is 31.4 Å². The fourth-order valence-electron chi connectivity index (χ4n) is 6.35. The average Bonchev–Trinajstić information content (AvgIpc) is 3.31. The Bertz CT molecular complexity index is 1200. The molecule has 162 valence electrons. The SMILES string of the molecule is O[C@]1(Cc2ccc3ccccc3n2)CC[C@H]2[C@@H]1CC[C@]2(O)Cc1ccc2ccccc2n1. The molecule has 2 N–H and O–H groups in total. The quantitative estimate of drug-likeness (QED) is 0.491. The standard InChI is InChI=1S/C28H28N2O2/c31-27(17-21-11-9-19-5-1-3-7-25(19)29-21)15-13-24-23(27)14-16-28(24,32)18-22-12-10-20-6-2-4-8-26(20)30-22/h1-12,23-24,31-32H,13-18H2/t23-,24-,27-,28-/m0/s1. The summed E-state index contributed by atoms with van der Waals surface area (Å²) in [5.74, 6) is 0.197. The van der Waals surface area contributed by atoms with E-state index in [1.807, 2.05) is 48.5 Å². The Morgan fingerprint density at radius 3 is 1.53 bits per heavy atom. The van der Waals surface area contributed by atoms with Gasteiger partial charge in [0.25, 0.3) is 0 Å². The molecular weight excluding hydrogens is 396 g/mol. The van der Waals surface area contributed by atoms with Crippen LogP contribution in [0.3, 0.4) is 0 Å². The van der Waals surface area contributed by atoms with Gasteiger partial charge in [0, 0.05) is 35.0 Å². The second kappa shape index (κ2) is 7.36. The molecule has 0 amide bonds. The van der Waals surface area contributed by atoms with Crippen molar-refractivity contribution in [1.82, 2.24) is 9.97 Å². The van der Waals surface area contributed by atoms with Crippen molar-refractivity contribution >= 4 is 21.8 Å². The monoisotopic (exact) mass is 424 g/mol. The van der Waals surface area contributed by atoms with E-state index in [-0.39, 0.29) is 11.8 Å². The minimum Gasteiger partial charge on any atom is -0.389 e. The summed E-state index contributed by atoms with van der Waals surface area (Å²) in [4.78, 5) is 9.60. The number of fused-ring (bicyclic) bond motifs is 3. The fraction of sp³-hybridized carbons (Fsp3) is 0.357. The largest absolute Gasteiger partial charge is 0.389 e. The molecule has 4 nitrogen and oxygen atoms in total. The van der Waals surface area contributed by atoms with Gasteiger partial charge in [-0.1, -0.05) is 48.5 Å². The molecule has 4 heteroatoms. The molecule has 2 aromatic carbocycles. The number of benzene rings is 2. The van der Waals surface area contributed by atoms with Crippen molar-refractivity contribution in [2.75, 3.05) is 0 Å². The number of aromatic nitrogens is 2. The molecule has 2 saturated carbocycles. The second-order valence-corrected chi connectivity index (χ2v) is 9.84. The lowest BCUT2D eigenvalue weighted by Crippen LogP contribution is -2.40. The van der Waals surface area contributed by atoms with Crippen molar-refractivity contribution in [2.24, 2.45) is 11.8 Å². The van der Waals surface area contributed by atoms with Crippen LogP contribution >= 0.6 is 0 Å². The Hall–Kier alpha value is -2.82. The molecule has 6 rings (SSSR count). The summed E-state index contributed by atoms with van der Waals surface area (Å²) in [6, 6.07) is 24.4. The van der Waals surface area contributed by atoms with Gasteiger partial charge in [-0.05, 0) is 61.8 Å². The minimum atomic E-state index is -0.804. The fourth-order valence-corrected chi connectivity index (χ4v) is 6.35. The van der Waals surface area contributed by atoms with Crippen molar-refractivity contribution < 1.29 is 10.2 Å². The van der Waals surface area contributed by atoms with E-state index in [4.69, 9.17) is 9.97 Å². The molecule has 32 heavy (non-hydrogen) atoms. The van der Waals surface area contributed by atoms with Gasteiger partial charge in [0.15, 0.2) is 0 Å². The number of hydrogen-bond donors (Lipinski definition) is 2. The third-order valence-corrected chi connectivity index (χ3v) is 7.93. The maximum atomic E-state index is 11.7. The molecular formula is C28H28N2O2. The van der Waals surface area contributed by atoms with Gasteiger partial charge >= 0.3 is 0 Å². The lowest BCUT2D eigenvalue weighted by molar-refractivity contribution is -0.0301. The third-order valence-electron chi connectivity index (χ3n) is 7.93. The van der Waals surface area contributed by atoms with E-state index in [0.29, 0.717) is 25.7 Å². The first kappa shape index (κ1) is 19.8. The zero-order chi connectivity index (χ0) is 21.8. The van der Waals surface area contributed by atoms with E-state index in [9.17, 15) is 10.2 Å². The van der Waals surface area contributed by atoms with Crippen LogP contribution in [0.15, 0.2) is 72.8 Å². The zero-order valence-electron chi connectivity index (χ0n) is 18.1. The predicted molar refractivity (Wildman–Crippen MR) is 126 cm³/mol. The summed E-state index contributed by atoms with van der Waals surface area (Å²) in [5.41, 5.74) is 2.18. The minimum absolute atomic E-state index is 0.0984. The lowest BCUT2D eigenvalue weighted by atomic mass is 9.80. The highest BCUT2D eigenvalue weighted by atomic mass is 16.3. The van der Waals surface area contributed by atoms with Crippen LogP contribution in [-0.2, 0) is 12.8 Å². The molecule has 2 aromatic heterocycles. The normalized spacial score (nSPS) is 29.6. The van der Waals surface area contributed by atoms with E-state index in [2.05, 4.69) is 24.3 Å². The van der Waals surface area contributed by atoms with Gasteiger partial charge in [0.1, 0.15) is 0 Å². The molecule has 0 spiro atoms. The van der Waals surface area contributed by atoms with Crippen LogP contribution in [0.2, 0.25) is 0 Å². The molecule has 2 aliphatic rings. The van der Waals surface area contributed by atoms with Crippen LogP contribution in [0.4, 0.5) is 0 Å². The van der Waals surface area contributed by atoms with Crippen molar-refractivity contribution in [3.8, 4) is 0 Å². The van der Waals surface area contributed by atoms with Crippen LogP contribution < -0.4 is 0 Å². The second-order valence-electron chi connectivity index (χ2n) is 9.84. The van der Waals surface area contributed by atoms with Crippen molar-refractivity contribution in [3.05, 3.63) is 84.2 Å². The summed E-state index contributed by atoms with van der Waals surface area (Å²) in [6.45, 7) is 0. The highest BCUT2D eigenvalue weighted by molar-refractivity contribution is 5.79. The van der Waals surface area contributed by atoms with E-state index < -0.39 is 11.2 Å². The summed E-state index contributed by atoms with van der Waals surface area (Å²) in [6.07, 6.45) is 4.21. The van der Waals surface area contributed by atoms with Gasteiger partial charge in [-0.15, -0.1) is 0 Å². The van der Waals surface area contributed by atoms with Crippen LogP contribution in [0.1, 0.15) is 37.1 Å². The predicted octanol–water partition coefficient (Wildman–Crippen LogP) is 4.85. The molecule has 2 heterocycles. The smallest absolute Gasteiger partial charge is 0.0734 e. The van der Waals surface area contributed by atoms with Crippen LogP contribution in [0.5, 0.6) is 0 Å². The third kappa shape index (κ3) is 3.30. The maximum absolute atomic E-state index is 11.7.